The van der Waals surface area contributed by atoms with E-state index in [9.17, 15) is 9.59 Å². The standard InChI is InChI=1S/C18H21N3O2/c1-13-10-15(4-7-19-13)11-14-5-8-21(9-6-14)18(23)16-2-3-17(22)20-12-16/h2-4,7,10,12,14H,5-6,8-9,11H2,1H3,(H,20,22). The molecule has 0 bridgehead atoms. The number of aromatic amines is 1. The van der Waals surface area contributed by atoms with Gasteiger partial charge in [-0.05, 0) is 55.9 Å². The van der Waals surface area contributed by atoms with Crippen molar-refractivity contribution in [2.45, 2.75) is 26.2 Å². The lowest BCUT2D eigenvalue weighted by atomic mass is 9.90. The van der Waals surface area contributed by atoms with E-state index in [0.717, 1.165) is 38.0 Å². The molecule has 120 valence electrons. The molecule has 1 fully saturated rings. The number of nitrogens with one attached hydrogen (secondary N) is 1. The van der Waals surface area contributed by atoms with Crippen LogP contribution in [0.15, 0.2) is 41.5 Å². The molecule has 0 radical (unpaired) electrons. The lowest BCUT2D eigenvalue weighted by molar-refractivity contribution is 0.0690. The molecule has 3 heterocycles. The average molecular weight is 311 g/mol. The van der Waals surface area contributed by atoms with Gasteiger partial charge in [-0.15, -0.1) is 0 Å². The molecular formula is C18H21N3O2. The summed E-state index contributed by atoms with van der Waals surface area (Å²) < 4.78 is 0. The lowest BCUT2D eigenvalue weighted by Gasteiger charge is -2.32. The second-order valence-corrected chi connectivity index (χ2v) is 6.19. The first kappa shape index (κ1) is 15.5. The predicted molar refractivity (Wildman–Crippen MR) is 88.4 cm³/mol. The van der Waals surface area contributed by atoms with Crippen molar-refractivity contribution in [1.82, 2.24) is 14.9 Å². The van der Waals surface area contributed by atoms with Gasteiger partial charge in [0.2, 0.25) is 5.56 Å². The number of piperidine rings is 1. The van der Waals surface area contributed by atoms with Crippen LogP contribution in [0, 0.1) is 12.8 Å². The number of pyridine rings is 2. The lowest BCUT2D eigenvalue weighted by Crippen LogP contribution is -2.39. The molecule has 5 heteroatoms. The molecule has 1 aliphatic rings. The van der Waals surface area contributed by atoms with Gasteiger partial charge >= 0.3 is 0 Å². The molecule has 0 spiro atoms. The Hall–Kier alpha value is -2.43. The summed E-state index contributed by atoms with van der Waals surface area (Å²) in [5, 5.41) is 0. The van der Waals surface area contributed by atoms with Gasteiger partial charge in [-0.2, -0.15) is 0 Å². The highest BCUT2D eigenvalue weighted by molar-refractivity contribution is 5.93. The van der Waals surface area contributed by atoms with Crippen molar-refractivity contribution in [2.75, 3.05) is 13.1 Å². The summed E-state index contributed by atoms with van der Waals surface area (Å²) in [7, 11) is 0. The largest absolute Gasteiger partial charge is 0.339 e. The zero-order valence-electron chi connectivity index (χ0n) is 13.3. The summed E-state index contributed by atoms with van der Waals surface area (Å²) in [6, 6.07) is 7.20. The van der Waals surface area contributed by atoms with Gasteiger partial charge in [-0.25, -0.2) is 0 Å². The minimum Gasteiger partial charge on any atom is -0.339 e. The van der Waals surface area contributed by atoms with E-state index < -0.39 is 0 Å². The number of aryl methyl sites for hydroxylation is 1. The number of amides is 1. The minimum atomic E-state index is -0.187. The molecule has 1 aliphatic heterocycles. The number of H-pyrrole nitrogens is 1. The molecule has 0 atom stereocenters. The molecular weight excluding hydrogens is 290 g/mol. The second-order valence-electron chi connectivity index (χ2n) is 6.19. The quantitative estimate of drug-likeness (QED) is 0.945. The van der Waals surface area contributed by atoms with E-state index in [1.165, 1.54) is 17.8 Å². The first-order valence-electron chi connectivity index (χ1n) is 8.01. The highest BCUT2D eigenvalue weighted by atomic mass is 16.2. The van der Waals surface area contributed by atoms with Gasteiger partial charge in [-0.3, -0.25) is 14.6 Å². The third-order valence-corrected chi connectivity index (χ3v) is 4.42. The summed E-state index contributed by atoms with van der Waals surface area (Å²) >= 11 is 0. The summed E-state index contributed by atoms with van der Waals surface area (Å²) in [5.41, 5.74) is 2.73. The molecule has 3 rings (SSSR count). The first-order chi connectivity index (χ1) is 11.1. The second kappa shape index (κ2) is 6.77. The Morgan fingerprint density at radius 1 is 1.30 bits per heavy atom. The predicted octanol–water partition coefficient (Wildman–Crippen LogP) is 2.17. The number of carbonyl (C=O) groups is 1. The van der Waals surface area contributed by atoms with Crippen LogP contribution >= 0.6 is 0 Å². The number of hydrogen-bond acceptors (Lipinski definition) is 3. The average Bonchev–Trinajstić information content (AvgIpc) is 2.56. The Labute approximate surface area is 135 Å². The number of carbonyl (C=O) groups excluding carboxylic acids is 1. The zero-order valence-corrected chi connectivity index (χ0v) is 13.3. The molecule has 0 saturated carbocycles. The van der Waals surface area contributed by atoms with E-state index in [1.807, 2.05) is 18.0 Å². The van der Waals surface area contributed by atoms with Crippen molar-refractivity contribution in [3.63, 3.8) is 0 Å². The fraction of sp³-hybridized carbons (Fsp3) is 0.389. The Balaban J connectivity index is 1.56. The van der Waals surface area contributed by atoms with E-state index in [0.29, 0.717) is 11.5 Å². The topological polar surface area (TPSA) is 66.1 Å². The van der Waals surface area contributed by atoms with Crippen LogP contribution in [0.4, 0.5) is 0 Å². The maximum absolute atomic E-state index is 12.4. The van der Waals surface area contributed by atoms with Gasteiger partial charge in [-0.1, -0.05) is 0 Å². The molecule has 0 aliphatic carbocycles. The summed E-state index contributed by atoms with van der Waals surface area (Å²) in [5.74, 6) is 0.607. The normalized spacial score (nSPS) is 15.6. The van der Waals surface area contributed by atoms with Crippen LogP contribution in [0.1, 0.15) is 34.5 Å². The minimum absolute atomic E-state index is 0.000504. The Morgan fingerprint density at radius 3 is 2.74 bits per heavy atom. The van der Waals surface area contributed by atoms with Crippen LogP contribution in [0.5, 0.6) is 0 Å². The van der Waals surface area contributed by atoms with Gasteiger partial charge in [0.1, 0.15) is 0 Å². The summed E-state index contributed by atoms with van der Waals surface area (Å²) in [6.45, 7) is 3.55. The number of likely N-dealkylation sites (tertiary alicyclic amines) is 1. The van der Waals surface area contributed by atoms with Crippen LogP contribution in [0.25, 0.3) is 0 Å². The molecule has 5 nitrogen and oxygen atoms in total. The van der Waals surface area contributed by atoms with Gasteiger partial charge in [0, 0.05) is 37.2 Å². The van der Waals surface area contributed by atoms with E-state index >= 15 is 0 Å². The Bertz CT molecular complexity index is 725. The monoisotopic (exact) mass is 311 g/mol. The van der Waals surface area contributed by atoms with E-state index in [4.69, 9.17) is 0 Å². The number of aromatic nitrogens is 2. The SMILES string of the molecule is Cc1cc(CC2CCN(C(=O)c3ccc(=O)[nH]c3)CC2)ccn1. The molecule has 1 amide bonds. The maximum atomic E-state index is 12.4. The highest BCUT2D eigenvalue weighted by Crippen LogP contribution is 2.22. The third kappa shape index (κ3) is 3.86. The number of hydrogen-bond donors (Lipinski definition) is 1. The molecule has 2 aromatic rings. The molecule has 1 saturated heterocycles. The fourth-order valence-electron chi connectivity index (χ4n) is 3.13. The molecule has 0 unspecified atom stereocenters. The number of nitrogens with zero attached hydrogens (tertiary/aromatic N) is 2. The fourth-order valence-corrected chi connectivity index (χ4v) is 3.13. The van der Waals surface area contributed by atoms with E-state index in [-0.39, 0.29) is 11.5 Å². The van der Waals surface area contributed by atoms with Crippen LogP contribution in [-0.2, 0) is 6.42 Å². The summed E-state index contributed by atoms with van der Waals surface area (Å²) in [4.78, 5) is 32.2. The van der Waals surface area contributed by atoms with Crippen LogP contribution in [0.3, 0.4) is 0 Å². The van der Waals surface area contributed by atoms with Crippen LogP contribution in [0.2, 0.25) is 0 Å². The van der Waals surface area contributed by atoms with E-state index in [1.54, 1.807) is 6.07 Å². The molecule has 1 N–H and O–H groups in total. The number of rotatable bonds is 3. The first-order valence-corrected chi connectivity index (χ1v) is 8.01. The van der Waals surface area contributed by atoms with Crippen molar-refractivity contribution in [2.24, 2.45) is 5.92 Å². The van der Waals surface area contributed by atoms with Gasteiger partial charge in [0.25, 0.3) is 5.91 Å². The summed E-state index contributed by atoms with van der Waals surface area (Å²) in [6.07, 6.45) is 6.42. The van der Waals surface area contributed by atoms with Crippen molar-refractivity contribution in [3.8, 4) is 0 Å². The van der Waals surface area contributed by atoms with E-state index in [2.05, 4.69) is 22.1 Å². The Kier molecular flexibility index (Phi) is 4.55. The van der Waals surface area contributed by atoms with Crippen molar-refractivity contribution in [3.05, 3.63) is 63.8 Å². The smallest absolute Gasteiger partial charge is 0.255 e. The molecule has 0 aromatic carbocycles. The van der Waals surface area contributed by atoms with Crippen LogP contribution < -0.4 is 5.56 Å². The van der Waals surface area contributed by atoms with Crippen molar-refractivity contribution < 1.29 is 4.79 Å². The van der Waals surface area contributed by atoms with Gasteiger partial charge in [0.05, 0.1) is 5.56 Å². The molecule has 23 heavy (non-hydrogen) atoms. The van der Waals surface area contributed by atoms with Crippen LogP contribution in [-0.4, -0.2) is 33.9 Å². The van der Waals surface area contributed by atoms with Crippen molar-refractivity contribution in [1.29, 1.82) is 0 Å². The maximum Gasteiger partial charge on any atom is 0.255 e. The van der Waals surface area contributed by atoms with Gasteiger partial charge in [0.15, 0.2) is 0 Å². The highest BCUT2D eigenvalue weighted by Gasteiger charge is 2.23. The van der Waals surface area contributed by atoms with Gasteiger partial charge < -0.3 is 9.88 Å². The third-order valence-electron chi connectivity index (χ3n) is 4.42. The molecule has 2 aromatic heterocycles. The zero-order chi connectivity index (χ0) is 16.2. The Morgan fingerprint density at radius 2 is 2.09 bits per heavy atom. The van der Waals surface area contributed by atoms with Crippen molar-refractivity contribution >= 4 is 5.91 Å².